The molecule has 0 aromatic heterocycles. The van der Waals surface area contributed by atoms with Crippen LogP contribution in [-0.2, 0) is 10.8 Å². The smallest absolute Gasteiger partial charge is 0.0791 e. The van der Waals surface area contributed by atoms with Crippen molar-refractivity contribution in [1.29, 1.82) is 0 Å². The van der Waals surface area contributed by atoms with E-state index in [4.69, 9.17) is 0 Å². The monoisotopic (exact) mass is 285 g/mol. The zero-order valence-corrected chi connectivity index (χ0v) is 12.2. The Labute approximate surface area is 122 Å². The lowest BCUT2D eigenvalue weighted by Gasteiger charge is -2.26. The lowest BCUT2D eigenvalue weighted by Crippen LogP contribution is -2.27. The molecule has 0 aliphatic carbocycles. The molecule has 3 heteroatoms. The number of rotatable bonds is 2. The van der Waals surface area contributed by atoms with Crippen molar-refractivity contribution in [3.05, 3.63) is 71.8 Å². The topological polar surface area (TPSA) is 29.1 Å². The van der Waals surface area contributed by atoms with Gasteiger partial charge in [0.1, 0.15) is 0 Å². The fourth-order valence-electron chi connectivity index (χ4n) is 2.80. The molecule has 1 aliphatic heterocycles. The first kappa shape index (κ1) is 13.5. The summed E-state index contributed by atoms with van der Waals surface area (Å²) < 4.78 is 12.7. The summed E-state index contributed by atoms with van der Waals surface area (Å²) in [7, 11) is -0.839. The zero-order chi connectivity index (χ0) is 13.8. The number of benzene rings is 2. The Morgan fingerprint density at radius 1 is 0.900 bits per heavy atom. The Hall–Kier alpha value is -1.45. The molecule has 1 heterocycles. The van der Waals surface area contributed by atoms with E-state index in [2.05, 4.69) is 29.6 Å². The molecule has 3 unspecified atom stereocenters. The SMILES string of the molecule is O=S1CCCNC(c2ccccc2)C1c1ccccc1. The molecule has 0 saturated carbocycles. The van der Waals surface area contributed by atoms with E-state index in [1.165, 1.54) is 5.56 Å². The van der Waals surface area contributed by atoms with Crippen molar-refractivity contribution in [2.45, 2.75) is 17.7 Å². The second-order valence-electron chi connectivity index (χ2n) is 5.11. The molecule has 1 fully saturated rings. The summed E-state index contributed by atoms with van der Waals surface area (Å²) in [5.74, 6) is 0.774. The maximum Gasteiger partial charge on any atom is 0.0791 e. The number of hydrogen-bond acceptors (Lipinski definition) is 2. The number of nitrogens with one attached hydrogen (secondary N) is 1. The summed E-state index contributed by atoms with van der Waals surface area (Å²) in [6.07, 6.45) is 0.972. The second-order valence-corrected chi connectivity index (χ2v) is 6.79. The minimum Gasteiger partial charge on any atom is -0.309 e. The third-order valence-corrected chi connectivity index (χ3v) is 5.56. The van der Waals surface area contributed by atoms with E-state index in [-0.39, 0.29) is 11.3 Å². The molecule has 1 aliphatic rings. The van der Waals surface area contributed by atoms with Crippen molar-refractivity contribution in [2.24, 2.45) is 0 Å². The Morgan fingerprint density at radius 3 is 2.15 bits per heavy atom. The molecule has 1 N–H and O–H groups in total. The second kappa shape index (κ2) is 6.33. The molecule has 0 radical (unpaired) electrons. The molecule has 1 saturated heterocycles. The average Bonchev–Trinajstić information content (AvgIpc) is 2.71. The van der Waals surface area contributed by atoms with Crippen LogP contribution < -0.4 is 5.32 Å². The van der Waals surface area contributed by atoms with Crippen LogP contribution in [0.3, 0.4) is 0 Å². The summed E-state index contributed by atoms with van der Waals surface area (Å²) in [6.45, 7) is 0.925. The van der Waals surface area contributed by atoms with Crippen molar-refractivity contribution in [2.75, 3.05) is 12.3 Å². The first-order valence-electron chi connectivity index (χ1n) is 7.07. The van der Waals surface area contributed by atoms with E-state index < -0.39 is 10.8 Å². The summed E-state index contributed by atoms with van der Waals surface area (Å²) >= 11 is 0. The maximum atomic E-state index is 12.7. The third kappa shape index (κ3) is 2.84. The van der Waals surface area contributed by atoms with Crippen LogP contribution in [0.25, 0.3) is 0 Å². The highest BCUT2D eigenvalue weighted by Crippen LogP contribution is 2.35. The Bertz CT molecular complexity index is 570. The van der Waals surface area contributed by atoms with E-state index in [1.54, 1.807) is 0 Å². The van der Waals surface area contributed by atoms with Crippen LogP contribution in [0.1, 0.15) is 28.8 Å². The van der Waals surface area contributed by atoms with Gasteiger partial charge in [-0.05, 0) is 24.1 Å². The molecule has 104 valence electrons. The normalized spacial score (nSPS) is 26.9. The van der Waals surface area contributed by atoms with Gasteiger partial charge in [-0.15, -0.1) is 0 Å². The largest absolute Gasteiger partial charge is 0.309 e. The zero-order valence-electron chi connectivity index (χ0n) is 11.4. The van der Waals surface area contributed by atoms with Gasteiger partial charge in [0.2, 0.25) is 0 Å². The molecule has 2 aromatic carbocycles. The minimum atomic E-state index is -0.839. The van der Waals surface area contributed by atoms with Crippen LogP contribution in [0.15, 0.2) is 60.7 Å². The Morgan fingerprint density at radius 2 is 1.50 bits per heavy atom. The van der Waals surface area contributed by atoms with Gasteiger partial charge >= 0.3 is 0 Å². The van der Waals surface area contributed by atoms with Gasteiger partial charge in [-0.1, -0.05) is 60.7 Å². The molecule has 3 rings (SSSR count). The summed E-state index contributed by atoms with van der Waals surface area (Å²) in [6, 6.07) is 20.7. The molecule has 20 heavy (non-hydrogen) atoms. The van der Waals surface area contributed by atoms with Crippen molar-refractivity contribution in [3.8, 4) is 0 Å². The lowest BCUT2D eigenvalue weighted by atomic mass is 9.98. The first-order chi connectivity index (χ1) is 9.86. The highest BCUT2D eigenvalue weighted by molar-refractivity contribution is 7.85. The van der Waals surface area contributed by atoms with Gasteiger partial charge in [0.25, 0.3) is 0 Å². The van der Waals surface area contributed by atoms with Crippen LogP contribution in [0.2, 0.25) is 0 Å². The van der Waals surface area contributed by atoms with Crippen molar-refractivity contribution in [3.63, 3.8) is 0 Å². The van der Waals surface area contributed by atoms with Crippen molar-refractivity contribution >= 4 is 10.8 Å². The van der Waals surface area contributed by atoms with Gasteiger partial charge < -0.3 is 5.32 Å². The van der Waals surface area contributed by atoms with Crippen LogP contribution in [0.4, 0.5) is 0 Å². The molecular weight excluding hydrogens is 266 g/mol. The molecule has 0 amide bonds. The minimum absolute atomic E-state index is 0.0288. The van der Waals surface area contributed by atoms with E-state index in [0.29, 0.717) is 0 Å². The van der Waals surface area contributed by atoms with Gasteiger partial charge in [-0.25, -0.2) is 0 Å². The van der Waals surface area contributed by atoms with Crippen LogP contribution in [0.5, 0.6) is 0 Å². The molecule has 0 spiro atoms. The van der Waals surface area contributed by atoms with Crippen molar-refractivity contribution in [1.82, 2.24) is 5.32 Å². The van der Waals surface area contributed by atoms with E-state index in [1.807, 2.05) is 36.4 Å². The van der Waals surface area contributed by atoms with Crippen molar-refractivity contribution < 1.29 is 4.21 Å². The van der Waals surface area contributed by atoms with Crippen LogP contribution in [0, 0.1) is 0 Å². The van der Waals surface area contributed by atoms with Crippen LogP contribution >= 0.6 is 0 Å². The molecule has 2 aromatic rings. The van der Waals surface area contributed by atoms with Gasteiger partial charge in [-0.3, -0.25) is 4.21 Å². The Kier molecular flexibility index (Phi) is 4.28. The lowest BCUT2D eigenvalue weighted by molar-refractivity contribution is 0.528. The standard InChI is InChI=1S/C17H19NOS/c19-20-13-7-12-18-16(14-8-3-1-4-9-14)17(20)15-10-5-2-6-11-15/h1-6,8-11,16-18H,7,12-13H2. The molecule has 3 atom stereocenters. The van der Waals surface area contributed by atoms with Crippen LogP contribution in [-0.4, -0.2) is 16.5 Å². The van der Waals surface area contributed by atoms with Gasteiger partial charge in [0, 0.05) is 16.6 Å². The molecule has 0 bridgehead atoms. The van der Waals surface area contributed by atoms with Gasteiger partial charge in [0.05, 0.1) is 11.3 Å². The summed E-state index contributed by atoms with van der Waals surface area (Å²) in [5.41, 5.74) is 2.38. The average molecular weight is 285 g/mol. The maximum absolute atomic E-state index is 12.7. The fraction of sp³-hybridized carbons (Fsp3) is 0.294. The summed E-state index contributed by atoms with van der Waals surface area (Å²) in [4.78, 5) is 0. The summed E-state index contributed by atoms with van der Waals surface area (Å²) in [5, 5.41) is 3.61. The highest BCUT2D eigenvalue weighted by atomic mass is 32.2. The quantitative estimate of drug-likeness (QED) is 0.918. The molecule has 2 nitrogen and oxygen atoms in total. The van der Waals surface area contributed by atoms with E-state index in [9.17, 15) is 4.21 Å². The molecular formula is C17H19NOS. The van der Waals surface area contributed by atoms with E-state index >= 15 is 0 Å². The van der Waals surface area contributed by atoms with Gasteiger partial charge in [0.15, 0.2) is 0 Å². The fourth-order valence-corrected chi connectivity index (χ4v) is 4.50. The number of hydrogen-bond donors (Lipinski definition) is 1. The highest BCUT2D eigenvalue weighted by Gasteiger charge is 2.31. The predicted molar refractivity (Wildman–Crippen MR) is 84.0 cm³/mol. The predicted octanol–water partition coefficient (Wildman–Crippen LogP) is 3.21. The van der Waals surface area contributed by atoms with Gasteiger partial charge in [-0.2, -0.15) is 0 Å². The Balaban J connectivity index is 2.02. The first-order valence-corrected chi connectivity index (χ1v) is 8.45. The third-order valence-electron chi connectivity index (χ3n) is 3.76. The van der Waals surface area contributed by atoms with E-state index in [0.717, 1.165) is 24.3 Å².